The van der Waals surface area contributed by atoms with Crippen LogP contribution in [0.4, 0.5) is 22.7 Å². The Balaban J connectivity index is 0.00000476. The smallest absolute Gasteiger partial charge is 0.144 e. The van der Waals surface area contributed by atoms with Crippen molar-refractivity contribution in [2.75, 3.05) is 9.80 Å². The van der Waals surface area contributed by atoms with Crippen molar-refractivity contribution in [1.29, 1.82) is 0 Å². The summed E-state index contributed by atoms with van der Waals surface area (Å²) in [6.45, 7) is 15.5. The average Bonchev–Trinajstić information content (AvgIpc) is 3.82. The molecule has 1 aliphatic rings. The summed E-state index contributed by atoms with van der Waals surface area (Å²) in [5.41, 5.74) is 11.0. The summed E-state index contributed by atoms with van der Waals surface area (Å²) in [6.07, 6.45) is 1.90. The number of benzene rings is 6. The van der Waals surface area contributed by atoms with Crippen molar-refractivity contribution in [2.24, 2.45) is 0 Å². The Bertz CT molecular complexity index is 3050. The van der Waals surface area contributed by atoms with Crippen molar-refractivity contribution >= 4 is 44.6 Å². The molecule has 0 saturated heterocycles. The van der Waals surface area contributed by atoms with Crippen LogP contribution < -0.4 is 9.80 Å². The number of pyridine rings is 1. The maximum atomic E-state index is 5.16. The molecule has 7 nitrogen and oxygen atoms in total. The molecular formula is C53H44N7Pt-3. The molecular weight excluding hydrogens is 930 g/mol. The molecule has 0 fully saturated rings. The van der Waals surface area contributed by atoms with Crippen molar-refractivity contribution < 1.29 is 21.1 Å². The summed E-state index contributed by atoms with van der Waals surface area (Å²) in [4.78, 5) is 24.6. The van der Waals surface area contributed by atoms with Gasteiger partial charge in [0, 0.05) is 55.4 Å². The van der Waals surface area contributed by atoms with Gasteiger partial charge in [-0.05, 0) is 75.3 Å². The van der Waals surface area contributed by atoms with Crippen molar-refractivity contribution in [3.8, 4) is 40.0 Å². The molecule has 0 N–H and O–H groups in total. The van der Waals surface area contributed by atoms with Gasteiger partial charge in [-0.2, -0.15) is 0 Å². The topological polar surface area (TPSA) is 63.0 Å². The van der Waals surface area contributed by atoms with Crippen LogP contribution in [0.15, 0.2) is 152 Å². The SMILES string of the molecule is CC(C)(C)c1ccc(N2[CH-]N(c3[c-]c(-c4nc(-c5[c-]c6c(cc5)c5ccccc5n6-c5cc(C(C)(C)C)ccn5)nc(-c5ccccc5)n4)ccc3)c3ccccc32)cc1.[Pt]. The molecule has 4 heterocycles. The van der Waals surface area contributed by atoms with Gasteiger partial charge in [-0.3, -0.25) is 9.97 Å². The molecule has 6 aromatic carbocycles. The zero-order valence-corrected chi connectivity index (χ0v) is 37.2. The summed E-state index contributed by atoms with van der Waals surface area (Å²) >= 11 is 0. The predicted octanol–water partition coefficient (Wildman–Crippen LogP) is 13.0. The molecule has 0 atom stereocenters. The van der Waals surface area contributed by atoms with Crippen LogP contribution in [0.2, 0.25) is 0 Å². The minimum Gasteiger partial charge on any atom is -0.488 e. The van der Waals surface area contributed by atoms with Crippen LogP contribution in [-0.4, -0.2) is 24.5 Å². The van der Waals surface area contributed by atoms with Gasteiger partial charge in [-0.15, -0.1) is 60.3 Å². The van der Waals surface area contributed by atoms with Gasteiger partial charge in [0.1, 0.15) is 11.6 Å². The molecule has 61 heavy (non-hydrogen) atoms. The molecule has 8 heteroatoms. The van der Waals surface area contributed by atoms with Crippen LogP contribution in [0.3, 0.4) is 0 Å². The fourth-order valence-electron chi connectivity index (χ4n) is 7.96. The van der Waals surface area contributed by atoms with Crippen LogP contribution in [0.1, 0.15) is 52.7 Å². The number of fused-ring (bicyclic) bond motifs is 4. The van der Waals surface area contributed by atoms with Crippen LogP contribution in [0, 0.1) is 18.8 Å². The van der Waals surface area contributed by atoms with Crippen molar-refractivity contribution in [2.45, 2.75) is 52.4 Å². The largest absolute Gasteiger partial charge is 0.488 e. The van der Waals surface area contributed by atoms with E-state index in [9.17, 15) is 0 Å². The number of nitrogens with zero attached hydrogens (tertiary/aromatic N) is 7. The minimum absolute atomic E-state index is 0. The van der Waals surface area contributed by atoms with Gasteiger partial charge in [0.2, 0.25) is 0 Å². The van der Waals surface area contributed by atoms with Crippen molar-refractivity contribution in [3.63, 3.8) is 0 Å². The molecule has 3 aromatic heterocycles. The Hall–Kier alpha value is -6.43. The van der Waals surface area contributed by atoms with E-state index in [2.05, 4.69) is 178 Å². The molecule has 0 saturated carbocycles. The molecule has 1 aliphatic heterocycles. The fourth-order valence-corrected chi connectivity index (χ4v) is 7.96. The Morgan fingerprint density at radius 2 is 1.16 bits per heavy atom. The molecule has 0 amide bonds. The van der Waals surface area contributed by atoms with Gasteiger partial charge >= 0.3 is 0 Å². The number of anilines is 4. The third-order valence-electron chi connectivity index (χ3n) is 11.3. The quantitative estimate of drug-likeness (QED) is 0.155. The normalized spacial score (nSPS) is 12.8. The maximum Gasteiger partial charge on any atom is 0.144 e. The first-order chi connectivity index (χ1) is 29.0. The van der Waals surface area contributed by atoms with E-state index in [1.54, 1.807) is 0 Å². The van der Waals surface area contributed by atoms with E-state index in [1.807, 2.05) is 48.7 Å². The van der Waals surface area contributed by atoms with Gasteiger partial charge in [-0.25, -0.2) is 4.98 Å². The summed E-state index contributed by atoms with van der Waals surface area (Å²) < 4.78 is 2.20. The van der Waals surface area contributed by atoms with Crippen molar-refractivity contribution in [1.82, 2.24) is 24.5 Å². The number of hydrogen-bond donors (Lipinski definition) is 0. The fraction of sp³-hybridized carbons (Fsp3) is 0.151. The van der Waals surface area contributed by atoms with Crippen LogP contribution in [-0.2, 0) is 31.9 Å². The molecule has 304 valence electrons. The second-order valence-corrected chi connectivity index (χ2v) is 17.4. The van der Waals surface area contributed by atoms with E-state index in [0.717, 1.165) is 67.1 Å². The first-order valence-electron chi connectivity index (χ1n) is 20.4. The zero-order chi connectivity index (χ0) is 41.2. The molecule has 0 aliphatic carbocycles. The Kier molecular flexibility index (Phi) is 10.2. The molecule has 0 radical (unpaired) electrons. The van der Waals surface area contributed by atoms with E-state index in [1.165, 1.54) is 11.1 Å². The molecule has 9 aromatic rings. The summed E-state index contributed by atoms with van der Waals surface area (Å²) in [6, 6.07) is 57.9. The number of hydrogen-bond acceptors (Lipinski definition) is 6. The Morgan fingerprint density at radius 1 is 0.525 bits per heavy atom. The monoisotopic (exact) mass is 973 g/mol. The van der Waals surface area contributed by atoms with Gasteiger partial charge in [0.15, 0.2) is 0 Å². The van der Waals surface area contributed by atoms with E-state index < -0.39 is 0 Å². The Morgan fingerprint density at radius 3 is 1.89 bits per heavy atom. The number of rotatable bonds is 6. The summed E-state index contributed by atoms with van der Waals surface area (Å²) in [5.74, 6) is 2.47. The third kappa shape index (κ3) is 7.42. The second kappa shape index (κ2) is 15.6. The maximum absolute atomic E-state index is 5.16. The van der Waals surface area contributed by atoms with Crippen LogP contribution >= 0.6 is 0 Å². The Labute approximate surface area is 372 Å². The van der Waals surface area contributed by atoms with E-state index in [0.29, 0.717) is 17.5 Å². The zero-order valence-electron chi connectivity index (χ0n) is 35.0. The summed E-state index contributed by atoms with van der Waals surface area (Å²) in [5, 5.41) is 2.21. The third-order valence-corrected chi connectivity index (χ3v) is 11.3. The molecule has 0 unspecified atom stereocenters. The first-order valence-corrected chi connectivity index (χ1v) is 20.4. The van der Waals surface area contributed by atoms with Gasteiger partial charge in [0.25, 0.3) is 0 Å². The average molecular weight is 974 g/mol. The molecule has 10 rings (SSSR count). The molecule has 0 spiro atoms. The predicted molar refractivity (Wildman–Crippen MR) is 245 cm³/mol. The number of aromatic nitrogens is 5. The van der Waals surface area contributed by atoms with E-state index in [-0.39, 0.29) is 31.9 Å². The van der Waals surface area contributed by atoms with Crippen molar-refractivity contribution in [3.05, 3.63) is 182 Å². The summed E-state index contributed by atoms with van der Waals surface area (Å²) in [7, 11) is 0. The van der Waals surface area contributed by atoms with Crippen LogP contribution in [0.25, 0.3) is 61.8 Å². The first kappa shape index (κ1) is 40.0. The standard InChI is InChI=1S/C53H44N7.Pt/c1-52(2,3)38-24-26-40(27-25-38)58-34-59(46-22-13-12-21-45(46)58)41-18-14-17-36(31-41)50-55-49(35-15-8-7-9-16-35)56-51(57-50)37-23-28-43-42-19-10-11-20-44(42)60(47(43)32-37)48-33-39(29-30-54-48)53(4,5)6;/h7-30,33-34H,1-6H3;/q-3;. The molecule has 0 bridgehead atoms. The van der Waals surface area contributed by atoms with E-state index in [4.69, 9.17) is 19.9 Å². The van der Waals surface area contributed by atoms with Crippen LogP contribution in [0.5, 0.6) is 0 Å². The van der Waals surface area contributed by atoms with Gasteiger partial charge < -0.3 is 19.4 Å². The van der Waals surface area contributed by atoms with E-state index >= 15 is 0 Å². The minimum atomic E-state index is -0.0390. The second-order valence-electron chi connectivity index (χ2n) is 17.4. The number of para-hydroxylation sites is 3. The van der Waals surface area contributed by atoms with Gasteiger partial charge in [-0.1, -0.05) is 125 Å². The van der Waals surface area contributed by atoms with Gasteiger partial charge in [0.05, 0.1) is 11.6 Å².